The van der Waals surface area contributed by atoms with Gasteiger partial charge in [0.25, 0.3) is 0 Å². The minimum absolute atomic E-state index is 0.0384. The van der Waals surface area contributed by atoms with E-state index >= 15 is 0 Å². The lowest BCUT2D eigenvalue weighted by molar-refractivity contribution is -0.155. The molecule has 21 heavy (non-hydrogen) atoms. The molecule has 1 heterocycles. The Balaban J connectivity index is 1.95. The highest BCUT2D eigenvalue weighted by Gasteiger charge is 2.54. The number of piperazine rings is 1. The van der Waals surface area contributed by atoms with Gasteiger partial charge in [-0.3, -0.25) is 9.59 Å². The molecule has 0 radical (unpaired) electrons. The monoisotopic (exact) mass is 310 g/mol. The number of carbonyl (C=O) groups excluding carboxylic acids is 2. The van der Waals surface area contributed by atoms with Gasteiger partial charge in [-0.2, -0.15) is 0 Å². The van der Waals surface area contributed by atoms with E-state index in [-0.39, 0.29) is 30.8 Å². The number of carbonyl (C=O) groups is 2. The molecule has 2 aliphatic rings. The first kappa shape index (κ1) is 14.3. The normalized spacial score (nSPS) is 26.0. The van der Waals surface area contributed by atoms with Crippen molar-refractivity contribution < 1.29 is 14.0 Å². The first-order valence-electron chi connectivity index (χ1n) is 6.95. The van der Waals surface area contributed by atoms with E-state index in [9.17, 15) is 14.0 Å². The molecule has 1 aromatic carbocycles. The lowest BCUT2D eigenvalue weighted by atomic mass is 9.89. The second-order valence-electron chi connectivity index (χ2n) is 5.82. The Hall–Kier alpha value is -1.62. The third-order valence-corrected chi connectivity index (χ3v) is 4.67. The number of rotatable bonds is 3. The summed E-state index contributed by atoms with van der Waals surface area (Å²) in [5.74, 6) is -0.629. The zero-order chi connectivity index (χ0) is 15.2. The summed E-state index contributed by atoms with van der Waals surface area (Å²) in [6.07, 6.45) is 1.82. The van der Waals surface area contributed by atoms with Crippen LogP contribution in [0, 0.1) is 11.7 Å². The van der Waals surface area contributed by atoms with Crippen LogP contribution in [0.1, 0.15) is 25.3 Å². The fourth-order valence-electron chi connectivity index (χ4n) is 2.95. The molecule has 4 nitrogen and oxygen atoms in total. The van der Waals surface area contributed by atoms with Gasteiger partial charge in [-0.25, -0.2) is 4.39 Å². The van der Waals surface area contributed by atoms with Crippen molar-refractivity contribution in [3.8, 4) is 0 Å². The third kappa shape index (κ3) is 2.39. The van der Waals surface area contributed by atoms with Crippen molar-refractivity contribution in [2.75, 3.05) is 6.54 Å². The maximum absolute atomic E-state index is 13.9. The van der Waals surface area contributed by atoms with Gasteiger partial charge in [0.2, 0.25) is 11.8 Å². The average molecular weight is 311 g/mol. The van der Waals surface area contributed by atoms with Crippen LogP contribution in [-0.2, 0) is 16.1 Å². The molecule has 1 atom stereocenters. The van der Waals surface area contributed by atoms with Crippen LogP contribution in [0.5, 0.6) is 0 Å². The van der Waals surface area contributed by atoms with Gasteiger partial charge in [0, 0.05) is 17.1 Å². The predicted molar refractivity (Wildman–Crippen MR) is 76.1 cm³/mol. The second-order valence-corrected chi connectivity index (χ2v) is 6.26. The molecule has 112 valence electrons. The van der Waals surface area contributed by atoms with Gasteiger partial charge >= 0.3 is 0 Å². The first-order chi connectivity index (χ1) is 9.92. The molecule has 1 saturated heterocycles. The number of nitrogens with one attached hydrogen (secondary N) is 1. The maximum Gasteiger partial charge on any atom is 0.246 e. The topological polar surface area (TPSA) is 49.4 Å². The van der Waals surface area contributed by atoms with Crippen LogP contribution >= 0.6 is 11.6 Å². The van der Waals surface area contributed by atoms with E-state index in [1.54, 1.807) is 6.92 Å². The van der Waals surface area contributed by atoms with Crippen molar-refractivity contribution in [1.82, 2.24) is 10.2 Å². The molecule has 1 unspecified atom stereocenters. The lowest BCUT2D eigenvalue weighted by Gasteiger charge is -2.44. The van der Waals surface area contributed by atoms with Crippen LogP contribution in [0.4, 0.5) is 4.39 Å². The highest BCUT2D eigenvalue weighted by Crippen LogP contribution is 2.44. The number of nitrogens with zero attached hydrogens (tertiary/aromatic N) is 1. The van der Waals surface area contributed by atoms with Crippen LogP contribution < -0.4 is 5.32 Å². The number of halogens is 2. The smallest absolute Gasteiger partial charge is 0.246 e. The van der Waals surface area contributed by atoms with Gasteiger partial charge in [-0.05, 0) is 43.9 Å². The summed E-state index contributed by atoms with van der Waals surface area (Å²) in [7, 11) is 0. The van der Waals surface area contributed by atoms with Gasteiger partial charge < -0.3 is 10.2 Å². The lowest BCUT2D eigenvalue weighted by Crippen LogP contribution is -2.66. The molecule has 2 amide bonds. The molecule has 6 heteroatoms. The Morgan fingerprint density at radius 1 is 1.43 bits per heavy atom. The number of benzene rings is 1. The standard InChI is InChI=1S/C15H16ClFN2O2/c1-15(10-2-3-10)14(21)18-7-13(20)19(15)8-9-6-11(16)4-5-12(9)17/h4-6,10H,2-3,7-8H2,1H3,(H,18,21). The minimum Gasteiger partial charge on any atom is -0.345 e. The molecule has 3 rings (SSSR count). The quantitative estimate of drug-likeness (QED) is 0.929. The van der Waals surface area contributed by atoms with Crippen LogP contribution in [0.2, 0.25) is 5.02 Å². The Morgan fingerprint density at radius 2 is 2.14 bits per heavy atom. The summed E-state index contributed by atoms with van der Waals surface area (Å²) in [6, 6.07) is 4.25. The second kappa shape index (κ2) is 4.98. The van der Waals surface area contributed by atoms with E-state index in [4.69, 9.17) is 11.6 Å². The Kier molecular flexibility index (Phi) is 3.40. The number of amides is 2. The molecule has 1 aromatic rings. The van der Waals surface area contributed by atoms with Crippen molar-refractivity contribution in [1.29, 1.82) is 0 Å². The van der Waals surface area contributed by atoms with Crippen LogP contribution in [-0.4, -0.2) is 28.8 Å². The number of hydrogen-bond acceptors (Lipinski definition) is 2. The van der Waals surface area contributed by atoms with E-state index in [1.165, 1.54) is 23.1 Å². The maximum atomic E-state index is 13.9. The van der Waals surface area contributed by atoms with Gasteiger partial charge in [0.15, 0.2) is 0 Å². The molecule has 1 saturated carbocycles. The molecule has 1 N–H and O–H groups in total. The first-order valence-corrected chi connectivity index (χ1v) is 7.33. The molecular weight excluding hydrogens is 295 g/mol. The van der Waals surface area contributed by atoms with Crippen molar-refractivity contribution >= 4 is 23.4 Å². The molecule has 0 bridgehead atoms. The number of hydrogen-bond donors (Lipinski definition) is 1. The van der Waals surface area contributed by atoms with Crippen molar-refractivity contribution in [2.45, 2.75) is 31.8 Å². The highest BCUT2D eigenvalue weighted by molar-refractivity contribution is 6.30. The molecule has 0 aromatic heterocycles. The Labute approximate surface area is 127 Å². The summed E-state index contributed by atoms with van der Waals surface area (Å²) >= 11 is 5.90. The summed E-state index contributed by atoms with van der Waals surface area (Å²) in [5, 5.41) is 3.05. The fourth-order valence-corrected chi connectivity index (χ4v) is 3.15. The Morgan fingerprint density at radius 3 is 2.81 bits per heavy atom. The summed E-state index contributed by atoms with van der Waals surface area (Å²) in [4.78, 5) is 26.0. The predicted octanol–water partition coefficient (Wildman–Crippen LogP) is 2.11. The third-order valence-electron chi connectivity index (χ3n) is 4.43. The molecule has 1 aliphatic heterocycles. The van der Waals surface area contributed by atoms with E-state index in [0.717, 1.165) is 12.8 Å². The van der Waals surface area contributed by atoms with Crippen molar-refractivity contribution in [3.63, 3.8) is 0 Å². The van der Waals surface area contributed by atoms with Crippen molar-refractivity contribution in [2.24, 2.45) is 5.92 Å². The SMILES string of the molecule is CC1(C2CC2)C(=O)NCC(=O)N1Cc1cc(Cl)ccc1F. The summed E-state index contributed by atoms with van der Waals surface area (Å²) in [6.45, 7) is 1.79. The van der Waals surface area contributed by atoms with Gasteiger partial charge in [-0.1, -0.05) is 11.6 Å². The van der Waals surface area contributed by atoms with E-state index < -0.39 is 11.4 Å². The van der Waals surface area contributed by atoms with Gasteiger partial charge in [0.1, 0.15) is 11.4 Å². The highest BCUT2D eigenvalue weighted by atomic mass is 35.5. The average Bonchev–Trinajstić information content (AvgIpc) is 3.28. The minimum atomic E-state index is -0.899. The largest absolute Gasteiger partial charge is 0.345 e. The zero-order valence-corrected chi connectivity index (χ0v) is 12.4. The van der Waals surface area contributed by atoms with E-state index in [1.807, 2.05) is 0 Å². The van der Waals surface area contributed by atoms with E-state index in [0.29, 0.717) is 10.6 Å². The van der Waals surface area contributed by atoms with Crippen molar-refractivity contribution in [3.05, 3.63) is 34.6 Å². The fraction of sp³-hybridized carbons (Fsp3) is 0.467. The summed E-state index contributed by atoms with van der Waals surface area (Å²) in [5.41, 5.74) is -0.568. The summed E-state index contributed by atoms with van der Waals surface area (Å²) < 4.78 is 13.9. The Bertz CT molecular complexity index is 618. The van der Waals surface area contributed by atoms with Gasteiger partial charge in [0.05, 0.1) is 6.54 Å². The molecule has 1 aliphatic carbocycles. The van der Waals surface area contributed by atoms with Gasteiger partial charge in [-0.15, -0.1) is 0 Å². The van der Waals surface area contributed by atoms with Crippen LogP contribution in [0.3, 0.4) is 0 Å². The molecule has 0 spiro atoms. The van der Waals surface area contributed by atoms with E-state index in [2.05, 4.69) is 5.32 Å². The zero-order valence-electron chi connectivity index (χ0n) is 11.7. The molecular formula is C15H16ClFN2O2. The molecule has 2 fully saturated rings. The van der Waals surface area contributed by atoms with Crippen LogP contribution in [0.15, 0.2) is 18.2 Å². The van der Waals surface area contributed by atoms with Crippen LogP contribution in [0.25, 0.3) is 0 Å².